The Morgan fingerprint density at radius 3 is 2.86 bits per heavy atom. The number of benzene rings is 1. The molecule has 2 heterocycles. The molecule has 0 saturated carbocycles. The first-order chi connectivity index (χ1) is 14.0. The van der Waals surface area contributed by atoms with Gasteiger partial charge in [-0.1, -0.05) is 17.3 Å². The summed E-state index contributed by atoms with van der Waals surface area (Å²) in [6, 6.07) is 7.00. The lowest BCUT2D eigenvalue weighted by atomic mass is 10.1. The van der Waals surface area contributed by atoms with Crippen molar-refractivity contribution in [2.75, 3.05) is 24.6 Å². The maximum Gasteiger partial charge on any atom is 0.303 e. The second-order valence-electron chi connectivity index (χ2n) is 6.77. The number of likely N-dealkylation sites (N-methyl/N-ethyl adjacent to an activating group) is 1. The Morgan fingerprint density at radius 2 is 2.14 bits per heavy atom. The molecule has 0 fully saturated rings. The van der Waals surface area contributed by atoms with Crippen LogP contribution in [0.3, 0.4) is 0 Å². The van der Waals surface area contributed by atoms with E-state index in [2.05, 4.69) is 15.3 Å². The molecular formula is C20H25N5O4. The number of carbonyl (C=O) groups is 1. The Labute approximate surface area is 167 Å². The third-order valence-electron chi connectivity index (χ3n) is 4.79. The van der Waals surface area contributed by atoms with Crippen molar-refractivity contribution in [3.8, 4) is 11.3 Å². The van der Waals surface area contributed by atoms with E-state index in [-0.39, 0.29) is 18.5 Å². The van der Waals surface area contributed by atoms with Gasteiger partial charge in [-0.3, -0.25) is 14.3 Å². The first-order valence-electron chi connectivity index (χ1n) is 9.67. The molecule has 1 aromatic carbocycles. The molecule has 9 nitrogen and oxygen atoms in total. The van der Waals surface area contributed by atoms with Gasteiger partial charge in [-0.05, 0) is 25.8 Å². The number of hydrogen-bond donors (Lipinski definition) is 3. The number of para-hydroxylation sites is 1. The summed E-state index contributed by atoms with van der Waals surface area (Å²) in [6.07, 6.45) is 3.20. The Balaban J connectivity index is 1.92. The maximum atomic E-state index is 12.6. The zero-order valence-electron chi connectivity index (χ0n) is 16.3. The van der Waals surface area contributed by atoms with Crippen molar-refractivity contribution in [2.24, 2.45) is 0 Å². The van der Waals surface area contributed by atoms with Gasteiger partial charge in [-0.15, -0.1) is 5.10 Å². The number of pyridine rings is 1. The number of aliphatic hydroxyl groups excluding tert-OH is 1. The molecule has 3 rings (SSSR count). The fourth-order valence-corrected chi connectivity index (χ4v) is 3.29. The second kappa shape index (κ2) is 9.33. The largest absolute Gasteiger partial charge is 0.481 e. The van der Waals surface area contributed by atoms with Crippen molar-refractivity contribution in [1.82, 2.24) is 20.0 Å². The molecule has 2 aromatic heterocycles. The maximum absolute atomic E-state index is 12.6. The standard InChI is InChI=1S/C20H25N5O4/c1-2-24(10-11-26)18-12-17(27)15-7-5-6-14(20(15)21-18)16-13-25(23-22-16)9-4-3-8-19(28)29/h5-7,12-13,26H,2-4,8-11H2,1H3,(H,21,27)(H,28,29). The van der Waals surface area contributed by atoms with Gasteiger partial charge >= 0.3 is 5.97 Å². The molecule has 3 N–H and O–H groups in total. The molecule has 154 valence electrons. The number of aryl methyl sites for hydroxylation is 1. The lowest BCUT2D eigenvalue weighted by Gasteiger charge is -2.22. The van der Waals surface area contributed by atoms with Gasteiger partial charge in [0.05, 0.1) is 18.3 Å². The second-order valence-corrected chi connectivity index (χ2v) is 6.77. The van der Waals surface area contributed by atoms with Crippen LogP contribution in [0, 0.1) is 0 Å². The molecule has 9 heteroatoms. The van der Waals surface area contributed by atoms with E-state index in [1.165, 1.54) is 0 Å². The number of hydrogen-bond acceptors (Lipinski definition) is 6. The average Bonchev–Trinajstić information content (AvgIpc) is 3.17. The van der Waals surface area contributed by atoms with E-state index in [9.17, 15) is 14.7 Å². The summed E-state index contributed by atoms with van der Waals surface area (Å²) in [7, 11) is 0. The minimum absolute atomic E-state index is 0.00818. The Morgan fingerprint density at radius 1 is 1.31 bits per heavy atom. The van der Waals surface area contributed by atoms with Crippen molar-refractivity contribution in [3.63, 3.8) is 0 Å². The van der Waals surface area contributed by atoms with E-state index in [0.29, 0.717) is 54.9 Å². The summed E-state index contributed by atoms with van der Waals surface area (Å²) in [4.78, 5) is 28.5. The lowest BCUT2D eigenvalue weighted by molar-refractivity contribution is -0.137. The molecule has 0 atom stereocenters. The summed E-state index contributed by atoms with van der Waals surface area (Å²) < 4.78 is 1.68. The van der Waals surface area contributed by atoms with E-state index in [1.807, 2.05) is 24.0 Å². The van der Waals surface area contributed by atoms with Gasteiger partial charge in [0.15, 0.2) is 5.43 Å². The smallest absolute Gasteiger partial charge is 0.303 e. The summed E-state index contributed by atoms with van der Waals surface area (Å²) >= 11 is 0. The number of aromatic amines is 1. The molecule has 0 aliphatic heterocycles. The molecule has 0 aliphatic carbocycles. The van der Waals surface area contributed by atoms with Gasteiger partial charge in [0.1, 0.15) is 11.5 Å². The van der Waals surface area contributed by atoms with Crippen molar-refractivity contribution in [1.29, 1.82) is 0 Å². The lowest BCUT2D eigenvalue weighted by Crippen LogP contribution is -2.28. The van der Waals surface area contributed by atoms with Gasteiger partial charge in [0, 0.05) is 43.1 Å². The van der Waals surface area contributed by atoms with Crippen LogP contribution in [0.4, 0.5) is 5.82 Å². The molecule has 0 radical (unpaired) electrons. The molecule has 0 unspecified atom stereocenters. The average molecular weight is 399 g/mol. The Hall–Kier alpha value is -3.20. The molecule has 0 aliphatic rings. The predicted octanol–water partition coefficient (Wildman–Crippen LogP) is 1.86. The first kappa shape index (κ1) is 20.5. The molecule has 0 saturated heterocycles. The zero-order chi connectivity index (χ0) is 20.8. The van der Waals surface area contributed by atoms with Crippen molar-refractivity contribution in [2.45, 2.75) is 32.7 Å². The molecule has 0 bridgehead atoms. The van der Waals surface area contributed by atoms with Crippen molar-refractivity contribution < 1.29 is 15.0 Å². The van der Waals surface area contributed by atoms with Crippen LogP contribution in [0.5, 0.6) is 0 Å². The van der Waals surface area contributed by atoms with Gasteiger partial charge in [-0.2, -0.15) is 0 Å². The van der Waals surface area contributed by atoms with Crippen LogP contribution >= 0.6 is 0 Å². The summed E-state index contributed by atoms with van der Waals surface area (Å²) in [6.45, 7) is 3.60. The summed E-state index contributed by atoms with van der Waals surface area (Å²) in [5.74, 6) is -0.158. The zero-order valence-corrected chi connectivity index (χ0v) is 16.3. The van der Waals surface area contributed by atoms with Crippen LogP contribution in [-0.4, -0.2) is 55.9 Å². The number of unbranched alkanes of at least 4 members (excludes halogenated alkanes) is 1. The van der Waals surface area contributed by atoms with Crippen LogP contribution in [-0.2, 0) is 11.3 Å². The minimum atomic E-state index is -0.804. The Kier molecular flexibility index (Phi) is 6.61. The minimum Gasteiger partial charge on any atom is -0.481 e. The number of carboxylic acids is 1. The van der Waals surface area contributed by atoms with Gasteiger partial charge in [0.2, 0.25) is 0 Å². The highest BCUT2D eigenvalue weighted by Crippen LogP contribution is 2.26. The third kappa shape index (κ3) is 4.80. The van der Waals surface area contributed by atoms with Gasteiger partial charge in [-0.25, -0.2) is 0 Å². The summed E-state index contributed by atoms with van der Waals surface area (Å²) in [5, 5.41) is 26.9. The van der Waals surface area contributed by atoms with Crippen LogP contribution in [0.15, 0.2) is 35.3 Å². The van der Waals surface area contributed by atoms with Gasteiger partial charge < -0.3 is 20.1 Å². The number of aliphatic carboxylic acids is 1. The molecule has 29 heavy (non-hydrogen) atoms. The van der Waals surface area contributed by atoms with Crippen LogP contribution in [0.25, 0.3) is 22.2 Å². The monoisotopic (exact) mass is 399 g/mol. The summed E-state index contributed by atoms with van der Waals surface area (Å²) in [5.41, 5.74) is 1.96. The molecule has 0 amide bonds. The number of aliphatic hydroxyl groups is 1. The van der Waals surface area contributed by atoms with E-state index < -0.39 is 5.97 Å². The number of nitrogens with zero attached hydrogens (tertiary/aromatic N) is 4. The molecule has 0 spiro atoms. The van der Waals surface area contributed by atoms with Crippen molar-refractivity contribution >= 4 is 22.7 Å². The molecule has 3 aromatic rings. The number of nitrogens with one attached hydrogen (secondary N) is 1. The molecular weight excluding hydrogens is 374 g/mol. The quantitative estimate of drug-likeness (QED) is 0.444. The van der Waals surface area contributed by atoms with E-state index in [4.69, 9.17) is 5.11 Å². The van der Waals surface area contributed by atoms with Crippen LogP contribution in [0.1, 0.15) is 26.2 Å². The number of carboxylic acid groups (broad SMARTS) is 1. The van der Waals surface area contributed by atoms with E-state index >= 15 is 0 Å². The first-order valence-corrected chi connectivity index (χ1v) is 9.67. The SMILES string of the molecule is CCN(CCO)c1cc(=O)c2cccc(-c3cn(CCCCC(=O)O)nn3)c2[nH]1. The van der Waals surface area contributed by atoms with Gasteiger partial charge in [0.25, 0.3) is 0 Å². The normalized spacial score (nSPS) is 11.1. The third-order valence-corrected chi connectivity index (χ3v) is 4.79. The predicted molar refractivity (Wildman–Crippen MR) is 110 cm³/mol. The number of aromatic nitrogens is 4. The van der Waals surface area contributed by atoms with E-state index in [0.717, 1.165) is 5.56 Å². The van der Waals surface area contributed by atoms with Crippen LogP contribution < -0.4 is 10.3 Å². The fraction of sp³-hybridized carbons (Fsp3) is 0.400. The van der Waals surface area contributed by atoms with E-state index in [1.54, 1.807) is 23.0 Å². The highest BCUT2D eigenvalue weighted by Gasteiger charge is 2.13. The highest BCUT2D eigenvalue weighted by atomic mass is 16.4. The number of rotatable bonds is 10. The number of H-pyrrole nitrogens is 1. The fourth-order valence-electron chi connectivity index (χ4n) is 3.29. The highest BCUT2D eigenvalue weighted by molar-refractivity contribution is 5.93. The van der Waals surface area contributed by atoms with Crippen molar-refractivity contribution in [3.05, 3.63) is 40.7 Å². The Bertz CT molecular complexity index is 1040. The topological polar surface area (TPSA) is 124 Å². The number of anilines is 1. The van der Waals surface area contributed by atoms with Crippen LogP contribution in [0.2, 0.25) is 0 Å². The number of fused-ring (bicyclic) bond motifs is 1.